The maximum absolute atomic E-state index is 10.9. The Morgan fingerprint density at radius 2 is 2.36 bits per heavy atom. The van der Waals surface area contributed by atoms with Crippen molar-refractivity contribution in [3.05, 3.63) is 17.4 Å². The van der Waals surface area contributed by atoms with E-state index in [1.54, 1.807) is 11.6 Å². The van der Waals surface area contributed by atoms with E-state index in [9.17, 15) is 4.79 Å². The third-order valence-electron chi connectivity index (χ3n) is 1.27. The van der Waals surface area contributed by atoms with Gasteiger partial charge in [-0.2, -0.15) is 4.37 Å². The van der Waals surface area contributed by atoms with Crippen LogP contribution < -0.4 is 0 Å². The number of carbonyl (C=O) groups excluding carboxylic acids is 1. The van der Waals surface area contributed by atoms with Crippen LogP contribution in [0.15, 0.2) is 16.6 Å². The molecule has 0 saturated heterocycles. The SMILES string of the molecule is O=C1N=CC=C1c1ncsn1. The van der Waals surface area contributed by atoms with Gasteiger partial charge in [0.25, 0.3) is 5.91 Å². The number of allylic oxidation sites excluding steroid dienone is 1. The van der Waals surface area contributed by atoms with E-state index in [0.29, 0.717) is 11.4 Å². The van der Waals surface area contributed by atoms with Crippen LogP contribution in [0.1, 0.15) is 5.82 Å². The Hall–Kier alpha value is -1.36. The van der Waals surface area contributed by atoms with Crippen molar-refractivity contribution in [3.63, 3.8) is 0 Å². The largest absolute Gasteiger partial charge is 0.280 e. The van der Waals surface area contributed by atoms with Gasteiger partial charge >= 0.3 is 0 Å². The standard InChI is InChI=1S/C6H3N3OS/c10-6-4(1-2-7-6)5-8-3-11-9-5/h1-3H. The van der Waals surface area contributed by atoms with Crippen LogP contribution in [-0.2, 0) is 4.79 Å². The fourth-order valence-electron chi connectivity index (χ4n) is 0.780. The van der Waals surface area contributed by atoms with Gasteiger partial charge in [-0.05, 0) is 17.6 Å². The predicted octanol–water partition coefficient (Wildman–Crippen LogP) is 0.532. The lowest BCUT2D eigenvalue weighted by molar-refractivity contribution is -0.112. The second-order valence-corrected chi connectivity index (χ2v) is 2.52. The second kappa shape index (κ2) is 2.35. The highest BCUT2D eigenvalue weighted by Gasteiger charge is 2.16. The first kappa shape index (κ1) is 6.36. The highest BCUT2D eigenvalue weighted by molar-refractivity contribution is 7.03. The van der Waals surface area contributed by atoms with Crippen molar-refractivity contribution < 1.29 is 4.79 Å². The molecule has 0 spiro atoms. The number of amides is 1. The Bertz CT molecular complexity index is 339. The van der Waals surface area contributed by atoms with Gasteiger partial charge < -0.3 is 0 Å². The summed E-state index contributed by atoms with van der Waals surface area (Å²) in [6.07, 6.45) is 3.07. The fourth-order valence-corrected chi connectivity index (χ4v) is 1.22. The minimum atomic E-state index is -0.261. The molecule has 0 aromatic carbocycles. The van der Waals surface area contributed by atoms with E-state index < -0.39 is 0 Å². The van der Waals surface area contributed by atoms with Crippen LogP contribution in [0.25, 0.3) is 5.57 Å². The highest BCUT2D eigenvalue weighted by atomic mass is 32.1. The molecule has 1 aromatic rings. The van der Waals surface area contributed by atoms with E-state index in [4.69, 9.17) is 0 Å². The van der Waals surface area contributed by atoms with E-state index in [2.05, 4.69) is 14.3 Å². The van der Waals surface area contributed by atoms with Crippen molar-refractivity contribution in [1.29, 1.82) is 0 Å². The van der Waals surface area contributed by atoms with E-state index >= 15 is 0 Å². The zero-order valence-electron chi connectivity index (χ0n) is 5.39. The summed E-state index contributed by atoms with van der Waals surface area (Å²) in [6, 6.07) is 0. The average molecular weight is 165 g/mol. The quantitative estimate of drug-likeness (QED) is 0.610. The summed E-state index contributed by atoms with van der Waals surface area (Å²) in [6.45, 7) is 0. The van der Waals surface area contributed by atoms with Crippen LogP contribution in [0.5, 0.6) is 0 Å². The predicted molar refractivity (Wildman–Crippen MR) is 41.4 cm³/mol. The zero-order valence-corrected chi connectivity index (χ0v) is 6.21. The molecule has 1 aromatic heterocycles. The lowest BCUT2D eigenvalue weighted by atomic mass is 10.2. The van der Waals surface area contributed by atoms with Crippen LogP contribution in [-0.4, -0.2) is 21.5 Å². The fraction of sp³-hybridized carbons (Fsp3) is 0. The minimum absolute atomic E-state index is 0.261. The van der Waals surface area contributed by atoms with Gasteiger partial charge in [0.1, 0.15) is 5.51 Å². The van der Waals surface area contributed by atoms with Gasteiger partial charge in [-0.3, -0.25) is 4.79 Å². The van der Waals surface area contributed by atoms with Gasteiger partial charge in [0, 0.05) is 6.21 Å². The highest BCUT2D eigenvalue weighted by Crippen LogP contribution is 2.14. The number of hydrogen-bond donors (Lipinski definition) is 0. The Morgan fingerprint density at radius 1 is 1.45 bits per heavy atom. The lowest BCUT2D eigenvalue weighted by Crippen LogP contribution is -1.94. The molecule has 1 aliphatic rings. The van der Waals surface area contributed by atoms with Gasteiger partial charge in [-0.25, -0.2) is 9.98 Å². The molecule has 0 N–H and O–H groups in total. The third kappa shape index (κ3) is 0.988. The van der Waals surface area contributed by atoms with E-state index in [0.717, 1.165) is 0 Å². The monoisotopic (exact) mass is 165 g/mol. The Balaban J connectivity index is 2.40. The number of nitrogens with zero attached hydrogens (tertiary/aromatic N) is 3. The van der Waals surface area contributed by atoms with Gasteiger partial charge in [-0.1, -0.05) is 0 Å². The van der Waals surface area contributed by atoms with Crippen molar-refractivity contribution >= 4 is 29.2 Å². The van der Waals surface area contributed by atoms with Crippen molar-refractivity contribution in [2.75, 3.05) is 0 Å². The molecule has 2 heterocycles. The molecule has 0 aliphatic carbocycles. The smallest absolute Gasteiger partial charge is 0.267 e. The molecular formula is C6H3N3OS. The van der Waals surface area contributed by atoms with Gasteiger partial charge in [0.15, 0.2) is 5.82 Å². The number of aromatic nitrogens is 2. The maximum Gasteiger partial charge on any atom is 0.280 e. The number of rotatable bonds is 1. The number of aliphatic imine (C=N–C) groups is 1. The molecule has 0 bridgehead atoms. The Labute approximate surface area is 66.5 Å². The molecule has 0 radical (unpaired) electrons. The van der Waals surface area contributed by atoms with Crippen LogP contribution in [0.4, 0.5) is 0 Å². The van der Waals surface area contributed by atoms with Crippen molar-refractivity contribution in [3.8, 4) is 0 Å². The molecule has 0 fully saturated rings. The third-order valence-corrected chi connectivity index (χ3v) is 1.74. The summed E-state index contributed by atoms with van der Waals surface area (Å²) in [7, 11) is 0. The molecule has 0 atom stereocenters. The van der Waals surface area contributed by atoms with Crippen LogP contribution in [0.2, 0.25) is 0 Å². The topological polar surface area (TPSA) is 55.2 Å². The number of hydrogen-bond acceptors (Lipinski definition) is 4. The second-order valence-electron chi connectivity index (χ2n) is 1.92. The molecule has 1 amide bonds. The lowest BCUT2D eigenvalue weighted by Gasteiger charge is -1.88. The van der Waals surface area contributed by atoms with Crippen molar-refractivity contribution in [2.24, 2.45) is 4.99 Å². The first-order chi connectivity index (χ1) is 5.38. The summed E-state index contributed by atoms with van der Waals surface area (Å²) in [4.78, 5) is 18.4. The van der Waals surface area contributed by atoms with Gasteiger partial charge in [0.05, 0.1) is 5.57 Å². The van der Waals surface area contributed by atoms with Crippen LogP contribution >= 0.6 is 11.5 Å². The maximum atomic E-state index is 10.9. The zero-order chi connectivity index (χ0) is 7.68. The van der Waals surface area contributed by atoms with E-state index in [-0.39, 0.29) is 5.91 Å². The molecule has 11 heavy (non-hydrogen) atoms. The molecule has 0 saturated carbocycles. The summed E-state index contributed by atoms with van der Waals surface area (Å²) in [5, 5.41) is 0. The first-order valence-electron chi connectivity index (χ1n) is 2.93. The molecule has 1 aliphatic heterocycles. The average Bonchev–Trinajstić information content (AvgIpc) is 2.55. The van der Waals surface area contributed by atoms with Crippen LogP contribution in [0.3, 0.4) is 0 Å². The van der Waals surface area contributed by atoms with Gasteiger partial charge in [-0.15, -0.1) is 0 Å². The number of carbonyl (C=O) groups is 1. The first-order valence-corrected chi connectivity index (χ1v) is 3.77. The molecule has 2 rings (SSSR count). The minimum Gasteiger partial charge on any atom is -0.267 e. The molecule has 0 unspecified atom stereocenters. The molecule has 4 nitrogen and oxygen atoms in total. The molecular weight excluding hydrogens is 162 g/mol. The summed E-state index contributed by atoms with van der Waals surface area (Å²) < 4.78 is 3.91. The summed E-state index contributed by atoms with van der Waals surface area (Å²) >= 11 is 1.22. The van der Waals surface area contributed by atoms with Crippen LogP contribution in [0, 0.1) is 0 Å². The summed E-state index contributed by atoms with van der Waals surface area (Å²) in [5.74, 6) is 0.209. The molecule has 5 heteroatoms. The Kier molecular flexibility index (Phi) is 1.36. The summed E-state index contributed by atoms with van der Waals surface area (Å²) in [5.41, 5.74) is 2.06. The van der Waals surface area contributed by atoms with Crippen molar-refractivity contribution in [2.45, 2.75) is 0 Å². The Morgan fingerprint density at radius 3 is 2.91 bits per heavy atom. The van der Waals surface area contributed by atoms with Crippen molar-refractivity contribution in [1.82, 2.24) is 9.36 Å². The van der Waals surface area contributed by atoms with E-state index in [1.165, 1.54) is 17.7 Å². The van der Waals surface area contributed by atoms with Gasteiger partial charge in [0.2, 0.25) is 0 Å². The van der Waals surface area contributed by atoms with E-state index in [1.807, 2.05) is 0 Å². The molecule has 54 valence electrons. The normalized spacial score (nSPS) is 15.6.